The summed E-state index contributed by atoms with van der Waals surface area (Å²) < 4.78 is 5.19. The van der Waals surface area contributed by atoms with E-state index in [1.807, 2.05) is 19.2 Å². The largest absolute Gasteiger partial charge is 0.390 e. The SMILES string of the molecule is CC[C@H](O)[C@H]1O[C@@H](C)[C@H](O)[C@@H]1O.Cc1ncnc2[nH]ccc12. The van der Waals surface area contributed by atoms with E-state index in [1.165, 1.54) is 0 Å². The van der Waals surface area contributed by atoms with Gasteiger partial charge in [0.2, 0.25) is 0 Å². The number of aryl methyl sites for hydroxylation is 1. The number of aromatic nitrogens is 3. The summed E-state index contributed by atoms with van der Waals surface area (Å²) >= 11 is 0. The van der Waals surface area contributed by atoms with E-state index in [-0.39, 0.29) is 0 Å². The zero-order valence-electron chi connectivity index (χ0n) is 13.0. The molecule has 3 heterocycles. The Bertz CT molecular complexity index is 603. The third-order valence-electron chi connectivity index (χ3n) is 3.89. The standard InChI is InChI=1S/C8H16O4.C7H7N3/c1-3-5(9)8-7(11)6(10)4(2)12-8;1-5-6-2-3-8-7(6)10-4-9-5/h4-11H,3H2,1-2H3;2-4H,1H3,(H,8,9,10)/t4-,5-,6-,7-,8+;/m0./s1. The van der Waals surface area contributed by atoms with Crippen LogP contribution < -0.4 is 0 Å². The first-order chi connectivity index (χ1) is 10.5. The van der Waals surface area contributed by atoms with Crippen molar-refractivity contribution in [2.45, 2.75) is 57.7 Å². The van der Waals surface area contributed by atoms with Crippen LogP contribution in [-0.2, 0) is 4.74 Å². The fraction of sp³-hybridized carbons (Fsp3) is 0.600. The Labute approximate surface area is 129 Å². The van der Waals surface area contributed by atoms with Gasteiger partial charge in [-0.25, -0.2) is 9.97 Å². The summed E-state index contributed by atoms with van der Waals surface area (Å²) in [4.78, 5) is 11.1. The van der Waals surface area contributed by atoms with Gasteiger partial charge in [0.15, 0.2) is 0 Å². The second-order valence-electron chi connectivity index (χ2n) is 5.46. The van der Waals surface area contributed by atoms with E-state index in [1.54, 1.807) is 20.2 Å². The maximum atomic E-state index is 9.39. The van der Waals surface area contributed by atoms with E-state index in [0.717, 1.165) is 16.7 Å². The van der Waals surface area contributed by atoms with Crippen molar-refractivity contribution in [3.05, 3.63) is 24.3 Å². The number of aliphatic hydroxyl groups is 3. The first-order valence-electron chi connectivity index (χ1n) is 7.40. The minimum Gasteiger partial charge on any atom is -0.390 e. The number of nitrogens with zero attached hydrogens (tertiary/aromatic N) is 2. The molecule has 5 atom stereocenters. The first-order valence-corrected chi connectivity index (χ1v) is 7.40. The molecule has 0 amide bonds. The normalized spacial score (nSPS) is 29.2. The molecule has 7 nitrogen and oxygen atoms in total. The summed E-state index contributed by atoms with van der Waals surface area (Å²) in [7, 11) is 0. The quantitative estimate of drug-likeness (QED) is 0.644. The second kappa shape index (κ2) is 7.15. The number of ether oxygens (including phenoxy) is 1. The molecular weight excluding hydrogens is 286 g/mol. The van der Waals surface area contributed by atoms with Crippen molar-refractivity contribution in [2.75, 3.05) is 0 Å². The number of aliphatic hydroxyl groups excluding tert-OH is 3. The lowest BCUT2D eigenvalue weighted by molar-refractivity contribution is -0.0627. The van der Waals surface area contributed by atoms with E-state index in [2.05, 4.69) is 15.0 Å². The molecule has 7 heteroatoms. The Kier molecular flexibility index (Phi) is 5.47. The molecule has 122 valence electrons. The molecule has 2 aromatic rings. The van der Waals surface area contributed by atoms with Gasteiger partial charge in [0.25, 0.3) is 0 Å². The summed E-state index contributed by atoms with van der Waals surface area (Å²) in [6.45, 7) is 5.45. The zero-order chi connectivity index (χ0) is 16.3. The van der Waals surface area contributed by atoms with Crippen LogP contribution in [-0.4, -0.2) is 60.8 Å². The molecule has 0 radical (unpaired) electrons. The van der Waals surface area contributed by atoms with Crippen molar-refractivity contribution in [3.63, 3.8) is 0 Å². The minimum atomic E-state index is -0.963. The van der Waals surface area contributed by atoms with Crippen LogP contribution in [0.5, 0.6) is 0 Å². The molecule has 1 saturated heterocycles. The van der Waals surface area contributed by atoms with Crippen molar-refractivity contribution in [1.82, 2.24) is 15.0 Å². The summed E-state index contributed by atoms with van der Waals surface area (Å²) in [6.07, 6.45) is 0.374. The van der Waals surface area contributed by atoms with Crippen LogP contribution >= 0.6 is 0 Å². The van der Waals surface area contributed by atoms with E-state index in [0.29, 0.717) is 6.42 Å². The molecule has 1 aliphatic rings. The van der Waals surface area contributed by atoms with Gasteiger partial charge < -0.3 is 25.0 Å². The van der Waals surface area contributed by atoms with Gasteiger partial charge in [-0.15, -0.1) is 0 Å². The fourth-order valence-corrected chi connectivity index (χ4v) is 2.43. The molecule has 3 rings (SSSR count). The van der Waals surface area contributed by atoms with Gasteiger partial charge in [-0.05, 0) is 26.3 Å². The van der Waals surface area contributed by atoms with Crippen LogP contribution in [0.3, 0.4) is 0 Å². The first kappa shape index (κ1) is 16.8. The van der Waals surface area contributed by atoms with Crippen molar-refractivity contribution < 1.29 is 20.1 Å². The Hall–Kier alpha value is -1.54. The predicted octanol–water partition coefficient (Wildman–Crippen LogP) is 0.533. The third-order valence-corrected chi connectivity index (χ3v) is 3.89. The molecule has 0 bridgehead atoms. The van der Waals surface area contributed by atoms with Crippen molar-refractivity contribution >= 4 is 11.0 Å². The van der Waals surface area contributed by atoms with E-state index < -0.39 is 30.5 Å². The Balaban J connectivity index is 0.000000162. The number of rotatable bonds is 2. The van der Waals surface area contributed by atoms with Gasteiger partial charge in [0, 0.05) is 11.6 Å². The molecule has 0 spiro atoms. The molecule has 1 fully saturated rings. The van der Waals surface area contributed by atoms with Gasteiger partial charge in [-0.2, -0.15) is 0 Å². The van der Waals surface area contributed by atoms with E-state index in [4.69, 9.17) is 4.74 Å². The molecule has 1 aliphatic heterocycles. The number of nitrogens with one attached hydrogen (secondary N) is 1. The Morgan fingerprint density at radius 2 is 2.05 bits per heavy atom. The Morgan fingerprint density at radius 3 is 2.59 bits per heavy atom. The van der Waals surface area contributed by atoms with Crippen LogP contribution in [0.1, 0.15) is 26.0 Å². The molecule has 22 heavy (non-hydrogen) atoms. The molecule has 0 unspecified atom stereocenters. The molecular formula is C15H23N3O4. The number of H-pyrrole nitrogens is 1. The molecule has 0 saturated carbocycles. The number of fused-ring (bicyclic) bond motifs is 1. The molecule has 2 aromatic heterocycles. The molecule has 0 aromatic carbocycles. The highest BCUT2D eigenvalue weighted by Crippen LogP contribution is 2.24. The molecule has 0 aliphatic carbocycles. The van der Waals surface area contributed by atoms with Crippen LogP contribution in [0.2, 0.25) is 0 Å². The van der Waals surface area contributed by atoms with Gasteiger partial charge >= 0.3 is 0 Å². The van der Waals surface area contributed by atoms with Gasteiger partial charge in [-0.1, -0.05) is 6.92 Å². The van der Waals surface area contributed by atoms with Gasteiger partial charge in [0.05, 0.1) is 17.9 Å². The fourth-order valence-electron chi connectivity index (χ4n) is 2.43. The Morgan fingerprint density at radius 1 is 1.32 bits per heavy atom. The van der Waals surface area contributed by atoms with Crippen molar-refractivity contribution in [1.29, 1.82) is 0 Å². The monoisotopic (exact) mass is 309 g/mol. The average molecular weight is 309 g/mol. The minimum absolute atomic E-state index is 0.397. The predicted molar refractivity (Wildman–Crippen MR) is 81.3 cm³/mol. The van der Waals surface area contributed by atoms with Crippen LogP contribution in [0.4, 0.5) is 0 Å². The molecule has 4 N–H and O–H groups in total. The highest BCUT2D eigenvalue weighted by molar-refractivity contribution is 5.77. The highest BCUT2D eigenvalue weighted by Gasteiger charge is 2.43. The van der Waals surface area contributed by atoms with Crippen molar-refractivity contribution in [3.8, 4) is 0 Å². The van der Waals surface area contributed by atoms with Gasteiger partial charge in [-0.3, -0.25) is 0 Å². The van der Waals surface area contributed by atoms with Gasteiger partial charge in [0.1, 0.15) is 30.3 Å². The van der Waals surface area contributed by atoms with E-state index >= 15 is 0 Å². The number of aromatic amines is 1. The number of hydrogen-bond donors (Lipinski definition) is 4. The summed E-state index contributed by atoms with van der Waals surface area (Å²) in [6, 6.07) is 1.98. The van der Waals surface area contributed by atoms with Crippen LogP contribution in [0.25, 0.3) is 11.0 Å². The highest BCUT2D eigenvalue weighted by atomic mass is 16.6. The smallest absolute Gasteiger partial charge is 0.140 e. The summed E-state index contributed by atoms with van der Waals surface area (Å²) in [5, 5.41) is 29.2. The maximum Gasteiger partial charge on any atom is 0.140 e. The number of hydrogen-bond acceptors (Lipinski definition) is 6. The lowest BCUT2D eigenvalue weighted by atomic mass is 10.0. The third kappa shape index (κ3) is 3.44. The maximum absolute atomic E-state index is 9.39. The van der Waals surface area contributed by atoms with Crippen LogP contribution in [0, 0.1) is 6.92 Å². The lowest BCUT2D eigenvalue weighted by Crippen LogP contribution is -2.38. The van der Waals surface area contributed by atoms with Crippen LogP contribution in [0.15, 0.2) is 18.6 Å². The average Bonchev–Trinajstić information content (AvgIpc) is 3.09. The van der Waals surface area contributed by atoms with Crippen molar-refractivity contribution in [2.24, 2.45) is 0 Å². The zero-order valence-corrected chi connectivity index (χ0v) is 13.0. The summed E-state index contributed by atoms with van der Waals surface area (Å²) in [5.41, 5.74) is 1.93. The summed E-state index contributed by atoms with van der Waals surface area (Å²) in [5.74, 6) is 0. The second-order valence-corrected chi connectivity index (χ2v) is 5.46. The topological polar surface area (TPSA) is 111 Å². The lowest BCUT2D eigenvalue weighted by Gasteiger charge is -2.19. The van der Waals surface area contributed by atoms with E-state index in [9.17, 15) is 15.3 Å².